The summed E-state index contributed by atoms with van der Waals surface area (Å²) in [5, 5.41) is 2.86. The molecule has 0 spiro atoms. The molecule has 1 amide bonds. The maximum atomic E-state index is 12.0. The summed E-state index contributed by atoms with van der Waals surface area (Å²) in [6, 6.07) is 7.62. The molecule has 9 heteroatoms. The van der Waals surface area contributed by atoms with Gasteiger partial charge in [0, 0.05) is 10.5 Å². The molecule has 2 rings (SSSR count). The Labute approximate surface area is 115 Å². The van der Waals surface area contributed by atoms with E-state index in [0.717, 1.165) is 12.1 Å². The average Bonchev–Trinajstić information content (AvgIpc) is 2.87. The van der Waals surface area contributed by atoms with E-state index in [4.69, 9.17) is 9.95 Å². The Balaban J connectivity index is 2.19. The van der Waals surface area contributed by atoms with Crippen LogP contribution in [0.15, 0.2) is 45.9 Å². The lowest BCUT2D eigenvalue weighted by Gasteiger charge is -2.08. The van der Waals surface area contributed by atoms with Gasteiger partial charge in [-0.05, 0) is 47.0 Å². The molecule has 108 valence electrons. The van der Waals surface area contributed by atoms with Crippen molar-refractivity contribution >= 4 is 5.91 Å². The molecule has 1 heterocycles. The van der Waals surface area contributed by atoms with Gasteiger partial charge in [0.1, 0.15) is 11.5 Å². The zero-order chi connectivity index (χ0) is 15.5. The number of azide groups is 1. The molecule has 0 aliphatic carbocycles. The Morgan fingerprint density at radius 1 is 1.19 bits per heavy atom. The topological polar surface area (TPSA) is 88.2 Å². The van der Waals surface area contributed by atoms with Crippen LogP contribution in [0.1, 0.15) is 10.6 Å². The summed E-state index contributed by atoms with van der Waals surface area (Å²) in [6.45, 7) is 0. The van der Waals surface area contributed by atoms with Crippen molar-refractivity contribution in [2.24, 2.45) is 5.11 Å². The van der Waals surface area contributed by atoms with Gasteiger partial charge in [0.15, 0.2) is 5.76 Å². The van der Waals surface area contributed by atoms with Crippen molar-refractivity contribution in [2.75, 3.05) is 0 Å². The van der Waals surface area contributed by atoms with Crippen LogP contribution in [0.25, 0.3) is 21.8 Å². The van der Waals surface area contributed by atoms with E-state index in [1.54, 1.807) is 0 Å². The van der Waals surface area contributed by atoms with Crippen molar-refractivity contribution in [3.05, 3.63) is 52.6 Å². The lowest BCUT2D eigenvalue weighted by atomic mass is 10.2. The Hall–Kier alpha value is -2.93. The van der Waals surface area contributed by atoms with Crippen LogP contribution >= 0.6 is 0 Å². The molecule has 0 N–H and O–H groups in total. The Bertz CT molecular complexity index is 701. The van der Waals surface area contributed by atoms with Gasteiger partial charge in [0.2, 0.25) is 0 Å². The number of furan rings is 1. The number of carbonyl (C=O) groups is 1. The van der Waals surface area contributed by atoms with E-state index in [1.807, 2.05) is 0 Å². The van der Waals surface area contributed by atoms with Crippen LogP contribution in [0.5, 0.6) is 5.75 Å². The van der Waals surface area contributed by atoms with Crippen LogP contribution in [-0.2, 0) is 0 Å². The van der Waals surface area contributed by atoms with Crippen molar-refractivity contribution in [2.45, 2.75) is 6.36 Å². The molecule has 6 nitrogen and oxygen atoms in total. The molecule has 21 heavy (non-hydrogen) atoms. The molecular formula is C12H6F3N3O3. The monoisotopic (exact) mass is 297 g/mol. The second-order valence-corrected chi connectivity index (χ2v) is 3.73. The summed E-state index contributed by atoms with van der Waals surface area (Å²) in [5.74, 6) is -1.19. The van der Waals surface area contributed by atoms with Gasteiger partial charge in [-0.15, -0.1) is 13.2 Å². The van der Waals surface area contributed by atoms with Crippen molar-refractivity contribution < 1.29 is 27.1 Å². The maximum Gasteiger partial charge on any atom is 0.573 e. The predicted molar refractivity (Wildman–Crippen MR) is 64.3 cm³/mol. The molecule has 0 aliphatic rings. The minimum atomic E-state index is -4.76. The van der Waals surface area contributed by atoms with E-state index >= 15 is 0 Å². The summed E-state index contributed by atoms with van der Waals surface area (Å²) in [6.07, 6.45) is -4.76. The number of carbonyl (C=O) groups excluding carboxylic acids is 1. The largest absolute Gasteiger partial charge is 0.573 e. The second kappa shape index (κ2) is 5.59. The fourth-order valence-corrected chi connectivity index (χ4v) is 1.52. The SMILES string of the molecule is [N-]=[N+]=NC(=O)c1ccc(-c2ccc(OC(F)(F)F)cc2)o1. The van der Waals surface area contributed by atoms with Crippen LogP contribution in [0.4, 0.5) is 13.2 Å². The number of amides is 1. The smallest absolute Gasteiger partial charge is 0.453 e. The number of ether oxygens (including phenoxy) is 1. The van der Waals surface area contributed by atoms with Crippen LogP contribution in [0.2, 0.25) is 0 Å². The molecule has 0 unspecified atom stereocenters. The molecule has 0 saturated carbocycles. The first-order valence-corrected chi connectivity index (χ1v) is 5.44. The number of rotatable bonds is 3. The summed E-state index contributed by atoms with van der Waals surface area (Å²) in [7, 11) is 0. The summed E-state index contributed by atoms with van der Waals surface area (Å²) < 4.78 is 44.9. The molecule has 0 fully saturated rings. The molecule has 2 aromatic rings. The number of nitrogens with zero attached hydrogens (tertiary/aromatic N) is 3. The van der Waals surface area contributed by atoms with Gasteiger partial charge in [0.25, 0.3) is 5.91 Å². The highest BCUT2D eigenvalue weighted by Gasteiger charge is 2.31. The minimum Gasteiger partial charge on any atom is -0.453 e. The summed E-state index contributed by atoms with van der Waals surface area (Å²) >= 11 is 0. The van der Waals surface area contributed by atoms with Crippen molar-refractivity contribution in [3.63, 3.8) is 0 Å². The Kier molecular flexibility index (Phi) is 3.86. The first-order chi connectivity index (χ1) is 9.89. The zero-order valence-corrected chi connectivity index (χ0v) is 10.2. The standard InChI is InChI=1S/C12H6F3N3O3/c13-12(14,15)21-8-3-1-7(2-4-8)9-5-6-10(20-9)11(19)17-18-16/h1-6H. The van der Waals surface area contributed by atoms with Gasteiger partial charge < -0.3 is 9.15 Å². The van der Waals surface area contributed by atoms with Gasteiger partial charge in [-0.1, -0.05) is 0 Å². The first-order valence-electron chi connectivity index (χ1n) is 5.44. The van der Waals surface area contributed by atoms with Gasteiger partial charge >= 0.3 is 6.36 Å². The van der Waals surface area contributed by atoms with E-state index < -0.39 is 12.3 Å². The highest BCUT2D eigenvalue weighted by molar-refractivity contribution is 5.92. The lowest BCUT2D eigenvalue weighted by Crippen LogP contribution is -2.16. The third-order valence-corrected chi connectivity index (χ3v) is 2.32. The molecule has 1 aromatic heterocycles. The number of hydrogen-bond acceptors (Lipinski definition) is 3. The highest BCUT2D eigenvalue weighted by atomic mass is 19.4. The van der Waals surface area contributed by atoms with E-state index in [9.17, 15) is 18.0 Å². The Morgan fingerprint density at radius 3 is 2.43 bits per heavy atom. The third-order valence-electron chi connectivity index (χ3n) is 2.32. The van der Waals surface area contributed by atoms with E-state index in [-0.39, 0.29) is 17.3 Å². The molecule has 0 saturated heterocycles. The quantitative estimate of drug-likeness (QED) is 0.480. The molecule has 1 aromatic carbocycles. The van der Waals surface area contributed by atoms with Gasteiger partial charge in [0.05, 0.1) is 0 Å². The highest BCUT2D eigenvalue weighted by Crippen LogP contribution is 2.27. The molecule has 0 aliphatic heterocycles. The van der Waals surface area contributed by atoms with Gasteiger partial charge in [-0.25, -0.2) is 0 Å². The second-order valence-electron chi connectivity index (χ2n) is 3.73. The third kappa shape index (κ3) is 3.77. The van der Waals surface area contributed by atoms with Gasteiger partial charge in [-0.3, -0.25) is 4.79 Å². The summed E-state index contributed by atoms with van der Waals surface area (Å²) in [4.78, 5) is 13.6. The van der Waals surface area contributed by atoms with Crippen molar-refractivity contribution in [1.29, 1.82) is 0 Å². The predicted octanol–water partition coefficient (Wildman–Crippen LogP) is 4.30. The average molecular weight is 297 g/mol. The molecule has 0 atom stereocenters. The van der Waals surface area contributed by atoms with Crippen molar-refractivity contribution in [1.82, 2.24) is 0 Å². The van der Waals surface area contributed by atoms with Gasteiger partial charge in [-0.2, -0.15) is 0 Å². The number of benzene rings is 1. The van der Waals surface area contributed by atoms with Crippen LogP contribution in [-0.4, -0.2) is 12.3 Å². The van der Waals surface area contributed by atoms with Crippen molar-refractivity contribution in [3.8, 4) is 17.1 Å². The van der Waals surface area contributed by atoms with E-state index in [1.165, 1.54) is 24.3 Å². The molecule has 0 bridgehead atoms. The summed E-state index contributed by atoms with van der Waals surface area (Å²) in [5.41, 5.74) is 8.57. The van der Waals surface area contributed by atoms with Crippen LogP contribution in [0.3, 0.4) is 0 Å². The fraction of sp³-hybridized carbons (Fsp3) is 0.0833. The fourth-order valence-electron chi connectivity index (χ4n) is 1.52. The lowest BCUT2D eigenvalue weighted by molar-refractivity contribution is -0.274. The van der Waals surface area contributed by atoms with Crippen LogP contribution in [0, 0.1) is 0 Å². The zero-order valence-electron chi connectivity index (χ0n) is 10.2. The molecular weight excluding hydrogens is 291 g/mol. The minimum absolute atomic E-state index is 0.168. The normalized spacial score (nSPS) is 10.8. The van der Waals surface area contributed by atoms with E-state index in [0.29, 0.717) is 5.56 Å². The first kappa shape index (κ1) is 14.5. The number of alkyl halides is 3. The number of hydrogen-bond donors (Lipinski definition) is 0. The van der Waals surface area contributed by atoms with Crippen LogP contribution < -0.4 is 4.74 Å². The Morgan fingerprint density at radius 2 is 1.86 bits per heavy atom. The number of halogens is 3. The van der Waals surface area contributed by atoms with E-state index in [2.05, 4.69) is 14.8 Å². The maximum absolute atomic E-state index is 12.0. The molecule has 0 radical (unpaired) electrons.